The zero-order valence-corrected chi connectivity index (χ0v) is 9.82. The molecule has 0 bridgehead atoms. The van der Waals surface area contributed by atoms with Crippen molar-refractivity contribution in [3.8, 4) is 0 Å². The molecule has 0 heterocycles. The van der Waals surface area contributed by atoms with Gasteiger partial charge in [-0.05, 0) is 30.4 Å². The number of hydrogen-bond donors (Lipinski definition) is 2. The first-order valence-corrected chi connectivity index (χ1v) is 6.15. The Hall–Kier alpha value is -0.860. The topological polar surface area (TPSA) is 40.5 Å². The molecule has 1 atom stereocenters. The van der Waals surface area contributed by atoms with Crippen molar-refractivity contribution in [2.24, 2.45) is 0 Å². The van der Waals surface area contributed by atoms with Crippen LogP contribution in [0.15, 0.2) is 24.3 Å². The zero-order valence-electron chi connectivity index (χ0n) is 9.82. The van der Waals surface area contributed by atoms with E-state index >= 15 is 0 Å². The summed E-state index contributed by atoms with van der Waals surface area (Å²) in [7, 11) is 0. The summed E-state index contributed by atoms with van der Waals surface area (Å²) in [5.74, 6) is 0. The summed E-state index contributed by atoms with van der Waals surface area (Å²) >= 11 is 0. The van der Waals surface area contributed by atoms with E-state index in [-0.39, 0.29) is 0 Å². The van der Waals surface area contributed by atoms with Gasteiger partial charge in [-0.25, -0.2) is 0 Å². The van der Waals surface area contributed by atoms with Crippen LogP contribution in [0.25, 0.3) is 0 Å². The summed E-state index contributed by atoms with van der Waals surface area (Å²) in [6.07, 6.45) is 3.72. The maximum absolute atomic E-state index is 10.3. The Bertz CT molecular complexity index is 336. The standard InChI is InChI=1S/C14H20O2/c1-2-11-5-7-12(8-6-11)13(15)14(16)9-3-4-10-14/h5-8,13,15-16H,2-4,9-10H2,1H3. The summed E-state index contributed by atoms with van der Waals surface area (Å²) in [5, 5.41) is 20.5. The quantitative estimate of drug-likeness (QED) is 0.822. The highest BCUT2D eigenvalue weighted by molar-refractivity contribution is 5.26. The van der Waals surface area contributed by atoms with E-state index in [1.165, 1.54) is 5.56 Å². The van der Waals surface area contributed by atoms with Crippen LogP contribution in [-0.4, -0.2) is 15.8 Å². The van der Waals surface area contributed by atoms with Gasteiger partial charge >= 0.3 is 0 Å². The van der Waals surface area contributed by atoms with Crippen LogP contribution in [0, 0.1) is 0 Å². The van der Waals surface area contributed by atoms with Crippen LogP contribution in [0.5, 0.6) is 0 Å². The van der Waals surface area contributed by atoms with Crippen LogP contribution in [0.3, 0.4) is 0 Å². The van der Waals surface area contributed by atoms with Crippen molar-refractivity contribution in [2.75, 3.05) is 0 Å². The first kappa shape index (κ1) is 11.6. The molecule has 88 valence electrons. The zero-order chi connectivity index (χ0) is 11.6. The molecule has 2 nitrogen and oxygen atoms in total. The molecule has 1 aromatic carbocycles. The molecule has 2 rings (SSSR count). The molecule has 1 unspecified atom stereocenters. The highest BCUT2D eigenvalue weighted by atomic mass is 16.3. The second-order valence-corrected chi connectivity index (χ2v) is 4.81. The van der Waals surface area contributed by atoms with Gasteiger partial charge in [0.2, 0.25) is 0 Å². The van der Waals surface area contributed by atoms with Crippen LogP contribution in [0.2, 0.25) is 0 Å². The lowest BCUT2D eigenvalue weighted by molar-refractivity contribution is -0.0719. The summed E-state index contributed by atoms with van der Waals surface area (Å²) in [4.78, 5) is 0. The Kier molecular flexibility index (Phi) is 3.31. The fourth-order valence-electron chi connectivity index (χ4n) is 2.51. The minimum Gasteiger partial charge on any atom is -0.387 e. The first-order valence-electron chi connectivity index (χ1n) is 6.15. The van der Waals surface area contributed by atoms with Crippen LogP contribution >= 0.6 is 0 Å². The van der Waals surface area contributed by atoms with Crippen molar-refractivity contribution in [3.05, 3.63) is 35.4 Å². The average molecular weight is 220 g/mol. The van der Waals surface area contributed by atoms with Gasteiger partial charge in [-0.3, -0.25) is 0 Å². The van der Waals surface area contributed by atoms with Crippen molar-refractivity contribution in [3.63, 3.8) is 0 Å². The molecule has 0 radical (unpaired) electrons. The largest absolute Gasteiger partial charge is 0.387 e. The van der Waals surface area contributed by atoms with Crippen molar-refractivity contribution in [2.45, 2.75) is 50.7 Å². The van der Waals surface area contributed by atoms with E-state index in [1.807, 2.05) is 24.3 Å². The molecule has 1 fully saturated rings. The predicted molar refractivity (Wildman–Crippen MR) is 64.2 cm³/mol. The highest BCUT2D eigenvalue weighted by Crippen LogP contribution is 2.39. The molecular weight excluding hydrogens is 200 g/mol. The molecular formula is C14H20O2. The molecule has 2 N–H and O–H groups in total. The fourth-order valence-corrected chi connectivity index (χ4v) is 2.51. The van der Waals surface area contributed by atoms with Gasteiger partial charge in [-0.15, -0.1) is 0 Å². The van der Waals surface area contributed by atoms with Crippen molar-refractivity contribution in [1.29, 1.82) is 0 Å². The molecule has 0 aromatic heterocycles. The van der Waals surface area contributed by atoms with E-state index < -0.39 is 11.7 Å². The van der Waals surface area contributed by atoms with Crippen molar-refractivity contribution in [1.82, 2.24) is 0 Å². The monoisotopic (exact) mass is 220 g/mol. The van der Waals surface area contributed by atoms with E-state index in [0.717, 1.165) is 24.8 Å². The Morgan fingerprint density at radius 1 is 1.19 bits per heavy atom. The third-order valence-electron chi connectivity index (χ3n) is 3.68. The summed E-state index contributed by atoms with van der Waals surface area (Å²) in [5.41, 5.74) is 1.20. The SMILES string of the molecule is CCc1ccc(C(O)C2(O)CCCC2)cc1. The minimum atomic E-state index is -0.895. The third-order valence-corrected chi connectivity index (χ3v) is 3.68. The number of aliphatic hydroxyl groups is 2. The maximum Gasteiger partial charge on any atom is 0.108 e. The van der Waals surface area contributed by atoms with Gasteiger partial charge in [-0.1, -0.05) is 44.0 Å². The van der Waals surface area contributed by atoms with Crippen molar-refractivity contribution >= 4 is 0 Å². The summed E-state index contributed by atoms with van der Waals surface area (Å²) in [6.45, 7) is 2.11. The Labute approximate surface area is 96.9 Å². The molecule has 0 spiro atoms. The van der Waals surface area contributed by atoms with E-state index in [9.17, 15) is 10.2 Å². The maximum atomic E-state index is 10.3. The molecule has 2 heteroatoms. The molecule has 0 saturated heterocycles. The predicted octanol–water partition coefficient (Wildman–Crippen LogP) is 2.59. The van der Waals surface area contributed by atoms with E-state index in [4.69, 9.17) is 0 Å². The molecule has 0 amide bonds. The smallest absolute Gasteiger partial charge is 0.108 e. The van der Waals surface area contributed by atoms with Crippen LogP contribution in [0.1, 0.15) is 49.8 Å². The second kappa shape index (κ2) is 4.56. The van der Waals surface area contributed by atoms with Gasteiger partial charge < -0.3 is 10.2 Å². The number of aliphatic hydroxyl groups excluding tert-OH is 1. The Balaban J connectivity index is 2.16. The minimum absolute atomic E-state index is 0.712. The van der Waals surface area contributed by atoms with Gasteiger partial charge in [0.1, 0.15) is 6.10 Å². The molecule has 1 saturated carbocycles. The molecule has 0 aliphatic heterocycles. The highest BCUT2D eigenvalue weighted by Gasteiger charge is 2.39. The van der Waals surface area contributed by atoms with E-state index in [2.05, 4.69) is 6.92 Å². The number of aryl methyl sites for hydroxylation is 1. The Morgan fingerprint density at radius 2 is 1.75 bits per heavy atom. The normalized spacial score (nSPS) is 20.9. The summed E-state index contributed by atoms with van der Waals surface area (Å²) in [6, 6.07) is 7.91. The van der Waals surface area contributed by atoms with Crippen LogP contribution in [-0.2, 0) is 6.42 Å². The van der Waals surface area contributed by atoms with Crippen molar-refractivity contribution < 1.29 is 10.2 Å². The number of rotatable bonds is 3. The molecule has 1 aliphatic carbocycles. The van der Waals surface area contributed by atoms with Gasteiger partial charge in [0.25, 0.3) is 0 Å². The second-order valence-electron chi connectivity index (χ2n) is 4.81. The first-order chi connectivity index (χ1) is 7.65. The van der Waals surface area contributed by atoms with Crippen LogP contribution in [0.4, 0.5) is 0 Å². The van der Waals surface area contributed by atoms with Gasteiger partial charge in [0, 0.05) is 0 Å². The fraction of sp³-hybridized carbons (Fsp3) is 0.571. The lowest BCUT2D eigenvalue weighted by Crippen LogP contribution is -2.32. The molecule has 1 aliphatic rings. The van der Waals surface area contributed by atoms with E-state index in [0.29, 0.717) is 12.8 Å². The summed E-state index contributed by atoms with van der Waals surface area (Å²) < 4.78 is 0. The Morgan fingerprint density at radius 3 is 2.25 bits per heavy atom. The van der Waals surface area contributed by atoms with Gasteiger partial charge in [0.15, 0.2) is 0 Å². The lowest BCUT2D eigenvalue weighted by atomic mass is 9.89. The molecule has 16 heavy (non-hydrogen) atoms. The average Bonchev–Trinajstić information content (AvgIpc) is 2.77. The third kappa shape index (κ3) is 2.13. The van der Waals surface area contributed by atoms with Gasteiger partial charge in [-0.2, -0.15) is 0 Å². The van der Waals surface area contributed by atoms with Gasteiger partial charge in [0.05, 0.1) is 5.60 Å². The van der Waals surface area contributed by atoms with E-state index in [1.54, 1.807) is 0 Å². The molecule has 1 aromatic rings. The number of benzene rings is 1. The van der Waals surface area contributed by atoms with Crippen LogP contribution < -0.4 is 0 Å². The lowest BCUT2D eigenvalue weighted by Gasteiger charge is -2.28. The number of hydrogen-bond acceptors (Lipinski definition) is 2.